The van der Waals surface area contributed by atoms with E-state index in [0.29, 0.717) is 25.6 Å². The lowest BCUT2D eigenvalue weighted by Gasteiger charge is -2.30. The molecule has 6 heteroatoms. The van der Waals surface area contributed by atoms with Crippen LogP contribution in [0.3, 0.4) is 0 Å². The average molecular weight is 261 g/mol. The Morgan fingerprint density at radius 1 is 1.29 bits per heavy atom. The van der Waals surface area contributed by atoms with Gasteiger partial charge < -0.3 is 5.32 Å². The van der Waals surface area contributed by atoms with Gasteiger partial charge in [0.05, 0.1) is 0 Å². The zero-order valence-corrected chi connectivity index (χ0v) is 11.3. The smallest absolute Gasteiger partial charge is 0.279 e. The van der Waals surface area contributed by atoms with Crippen molar-refractivity contribution in [3.05, 3.63) is 0 Å². The molecule has 5 nitrogen and oxygen atoms in total. The van der Waals surface area contributed by atoms with Crippen LogP contribution in [-0.2, 0) is 10.2 Å². The molecule has 0 radical (unpaired) electrons. The molecule has 0 amide bonds. The Morgan fingerprint density at radius 3 is 2.65 bits per heavy atom. The van der Waals surface area contributed by atoms with Crippen LogP contribution in [0.4, 0.5) is 0 Å². The third kappa shape index (κ3) is 3.40. The van der Waals surface area contributed by atoms with E-state index in [1.54, 1.807) is 4.31 Å². The normalized spacial score (nSPS) is 31.8. The third-order valence-corrected chi connectivity index (χ3v) is 5.40. The van der Waals surface area contributed by atoms with Gasteiger partial charge in [-0.05, 0) is 38.1 Å². The topological polar surface area (TPSA) is 61.4 Å². The number of rotatable bonds is 4. The molecular formula is C11H23N3O2S. The molecule has 2 N–H and O–H groups in total. The minimum atomic E-state index is -3.24. The molecule has 2 aliphatic rings. The lowest BCUT2D eigenvalue weighted by molar-refractivity contribution is 0.298. The van der Waals surface area contributed by atoms with E-state index in [1.165, 1.54) is 12.8 Å². The van der Waals surface area contributed by atoms with Crippen LogP contribution < -0.4 is 10.0 Å². The number of piperidine rings is 1. The van der Waals surface area contributed by atoms with Crippen LogP contribution in [0.2, 0.25) is 0 Å². The van der Waals surface area contributed by atoms with Crippen molar-refractivity contribution in [1.29, 1.82) is 0 Å². The summed E-state index contributed by atoms with van der Waals surface area (Å²) in [6.45, 7) is 5.04. The first-order valence-corrected chi connectivity index (χ1v) is 8.02. The zero-order chi connectivity index (χ0) is 12.3. The van der Waals surface area contributed by atoms with Crippen molar-refractivity contribution in [2.24, 2.45) is 5.92 Å². The molecule has 2 aliphatic heterocycles. The predicted octanol–water partition coefficient (Wildman–Crippen LogP) is 0.305. The largest absolute Gasteiger partial charge is 0.312 e. The highest BCUT2D eigenvalue weighted by molar-refractivity contribution is 7.87. The Bertz CT molecular complexity index is 339. The Balaban J connectivity index is 1.84. The number of hydrogen-bond donors (Lipinski definition) is 2. The molecule has 0 aromatic heterocycles. The summed E-state index contributed by atoms with van der Waals surface area (Å²) in [6, 6.07) is 0.279. The van der Waals surface area contributed by atoms with Gasteiger partial charge in [0, 0.05) is 25.7 Å². The van der Waals surface area contributed by atoms with Crippen molar-refractivity contribution in [1.82, 2.24) is 14.3 Å². The molecule has 2 unspecified atom stereocenters. The molecule has 0 spiro atoms. The maximum atomic E-state index is 12.0. The predicted molar refractivity (Wildman–Crippen MR) is 67.9 cm³/mol. The quantitative estimate of drug-likeness (QED) is 0.765. The molecule has 0 aliphatic carbocycles. The molecule has 2 heterocycles. The Kier molecular flexibility index (Phi) is 4.41. The van der Waals surface area contributed by atoms with Gasteiger partial charge in [-0.25, -0.2) is 4.72 Å². The van der Waals surface area contributed by atoms with Crippen molar-refractivity contribution in [2.45, 2.75) is 38.6 Å². The summed E-state index contributed by atoms with van der Waals surface area (Å²) in [5, 5.41) is 3.39. The van der Waals surface area contributed by atoms with E-state index in [9.17, 15) is 8.42 Å². The van der Waals surface area contributed by atoms with Gasteiger partial charge in [0.15, 0.2) is 0 Å². The third-order valence-electron chi connectivity index (χ3n) is 3.82. The lowest BCUT2D eigenvalue weighted by Crippen LogP contribution is -2.50. The molecule has 2 rings (SSSR count). The molecule has 2 saturated heterocycles. The fraction of sp³-hybridized carbons (Fsp3) is 1.00. The van der Waals surface area contributed by atoms with E-state index in [1.807, 2.05) is 0 Å². The summed E-state index contributed by atoms with van der Waals surface area (Å²) in [7, 11) is -3.24. The van der Waals surface area contributed by atoms with Crippen LogP contribution in [0, 0.1) is 5.92 Å². The zero-order valence-electron chi connectivity index (χ0n) is 10.5. The van der Waals surface area contributed by atoms with Crippen molar-refractivity contribution in [3.8, 4) is 0 Å². The SMILES string of the molecule is CC1CCCNC1CNS(=O)(=O)N1CCCC1. The number of nitrogens with zero attached hydrogens (tertiary/aromatic N) is 1. The molecule has 100 valence electrons. The van der Waals surface area contributed by atoms with Gasteiger partial charge in [-0.1, -0.05) is 6.92 Å². The van der Waals surface area contributed by atoms with Crippen molar-refractivity contribution in [2.75, 3.05) is 26.2 Å². The van der Waals surface area contributed by atoms with Crippen LogP contribution in [-0.4, -0.2) is 44.9 Å². The molecule has 17 heavy (non-hydrogen) atoms. The Labute approximate surface area is 104 Å². The minimum absolute atomic E-state index is 0.279. The summed E-state index contributed by atoms with van der Waals surface area (Å²) in [5.41, 5.74) is 0. The van der Waals surface area contributed by atoms with Crippen LogP contribution in [0.5, 0.6) is 0 Å². The summed E-state index contributed by atoms with van der Waals surface area (Å²) in [4.78, 5) is 0. The fourth-order valence-corrected chi connectivity index (χ4v) is 3.91. The van der Waals surface area contributed by atoms with E-state index in [2.05, 4.69) is 17.0 Å². The fourth-order valence-electron chi connectivity index (χ4n) is 2.60. The summed E-state index contributed by atoms with van der Waals surface area (Å²) in [5.74, 6) is 0.546. The standard InChI is InChI=1S/C11H23N3O2S/c1-10-5-4-6-12-11(10)9-13-17(15,16)14-7-2-3-8-14/h10-13H,2-9H2,1H3. The maximum absolute atomic E-state index is 12.0. The second kappa shape index (κ2) is 5.65. The van der Waals surface area contributed by atoms with Gasteiger partial charge >= 0.3 is 0 Å². The van der Waals surface area contributed by atoms with E-state index in [0.717, 1.165) is 19.4 Å². The minimum Gasteiger partial charge on any atom is -0.312 e. The van der Waals surface area contributed by atoms with Gasteiger partial charge in [-0.2, -0.15) is 12.7 Å². The van der Waals surface area contributed by atoms with Gasteiger partial charge in [0.1, 0.15) is 0 Å². The van der Waals surface area contributed by atoms with Crippen LogP contribution in [0.1, 0.15) is 32.6 Å². The van der Waals surface area contributed by atoms with Gasteiger partial charge in [-0.15, -0.1) is 0 Å². The lowest BCUT2D eigenvalue weighted by atomic mass is 9.93. The molecule has 0 aromatic carbocycles. The summed E-state index contributed by atoms with van der Waals surface area (Å²) >= 11 is 0. The average Bonchev–Trinajstić information content (AvgIpc) is 2.82. The first-order valence-electron chi connectivity index (χ1n) is 6.58. The van der Waals surface area contributed by atoms with Crippen molar-refractivity contribution in [3.63, 3.8) is 0 Å². The second-order valence-corrected chi connectivity index (χ2v) is 6.89. The van der Waals surface area contributed by atoms with E-state index < -0.39 is 10.2 Å². The van der Waals surface area contributed by atoms with Crippen molar-refractivity contribution >= 4 is 10.2 Å². The van der Waals surface area contributed by atoms with E-state index in [-0.39, 0.29) is 6.04 Å². The van der Waals surface area contributed by atoms with Crippen LogP contribution in [0.25, 0.3) is 0 Å². The van der Waals surface area contributed by atoms with Gasteiger partial charge in [0.2, 0.25) is 0 Å². The summed E-state index contributed by atoms with van der Waals surface area (Å²) in [6.07, 6.45) is 4.34. The second-order valence-electron chi connectivity index (χ2n) is 5.14. The Hall–Kier alpha value is -0.170. The molecule has 2 atom stereocenters. The van der Waals surface area contributed by atoms with E-state index in [4.69, 9.17) is 0 Å². The maximum Gasteiger partial charge on any atom is 0.279 e. The monoisotopic (exact) mass is 261 g/mol. The van der Waals surface area contributed by atoms with Crippen molar-refractivity contribution < 1.29 is 8.42 Å². The molecule has 0 saturated carbocycles. The van der Waals surface area contributed by atoms with Gasteiger partial charge in [0.25, 0.3) is 10.2 Å². The molecular weight excluding hydrogens is 238 g/mol. The van der Waals surface area contributed by atoms with Gasteiger partial charge in [-0.3, -0.25) is 0 Å². The summed E-state index contributed by atoms with van der Waals surface area (Å²) < 4.78 is 28.2. The van der Waals surface area contributed by atoms with Crippen LogP contribution >= 0.6 is 0 Å². The highest BCUT2D eigenvalue weighted by Crippen LogP contribution is 2.16. The highest BCUT2D eigenvalue weighted by atomic mass is 32.2. The van der Waals surface area contributed by atoms with E-state index >= 15 is 0 Å². The molecule has 0 aromatic rings. The molecule has 0 bridgehead atoms. The highest BCUT2D eigenvalue weighted by Gasteiger charge is 2.27. The first kappa shape index (κ1) is 13.3. The Morgan fingerprint density at radius 2 is 2.00 bits per heavy atom. The van der Waals surface area contributed by atoms with Crippen LogP contribution in [0.15, 0.2) is 0 Å². The number of nitrogens with one attached hydrogen (secondary N) is 2. The first-order chi connectivity index (χ1) is 8.09. The number of hydrogen-bond acceptors (Lipinski definition) is 3. The molecule has 2 fully saturated rings.